The van der Waals surface area contributed by atoms with Crippen LogP contribution in [0.1, 0.15) is 24.9 Å². The molecule has 8 nitrogen and oxygen atoms in total. The molecular weight excluding hydrogens is 487 g/mol. The first kappa shape index (κ1) is 25.0. The van der Waals surface area contributed by atoms with Gasteiger partial charge < -0.3 is 20.3 Å². The van der Waals surface area contributed by atoms with Crippen molar-refractivity contribution in [3.05, 3.63) is 102 Å². The smallest absolute Gasteiger partial charge is 0.322 e. The number of hydrogen-bond donors (Lipinski definition) is 2. The predicted molar refractivity (Wildman–Crippen MR) is 140 cm³/mol. The summed E-state index contributed by atoms with van der Waals surface area (Å²) in [5, 5.41) is 5.68. The maximum atomic E-state index is 13.6. The second-order valence-corrected chi connectivity index (χ2v) is 9.01. The Bertz CT molecular complexity index is 1390. The van der Waals surface area contributed by atoms with Gasteiger partial charge in [0, 0.05) is 25.2 Å². The molecule has 0 fully saturated rings. The van der Waals surface area contributed by atoms with E-state index in [2.05, 4.69) is 10.6 Å². The summed E-state index contributed by atoms with van der Waals surface area (Å²) in [4.78, 5) is 42.1. The van der Waals surface area contributed by atoms with Gasteiger partial charge in [-0.15, -0.1) is 0 Å². The number of likely N-dealkylation sites (N-methyl/N-ethyl adjacent to an activating group) is 1. The van der Waals surface area contributed by atoms with Gasteiger partial charge in [-0.3, -0.25) is 14.5 Å². The number of benzene rings is 3. The van der Waals surface area contributed by atoms with Gasteiger partial charge in [-0.05, 0) is 61.0 Å². The molecule has 0 bridgehead atoms. The summed E-state index contributed by atoms with van der Waals surface area (Å²) < 4.78 is 19.1. The number of nitrogens with one attached hydrogen (secondary N) is 2. The van der Waals surface area contributed by atoms with Crippen LogP contribution in [-0.2, 0) is 9.59 Å². The molecule has 0 aromatic heterocycles. The normalized spacial score (nSPS) is 16.8. The first-order chi connectivity index (χ1) is 18.4. The number of rotatable bonds is 8. The summed E-state index contributed by atoms with van der Waals surface area (Å²) in [6.07, 6.45) is 0.0578. The van der Waals surface area contributed by atoms with Crippen molar-refractivity contribution in [2.45, 2.75) is 19.4 Å². The fourth-order valence-electron chi connectivity index (χ4n) is 4.69. The summed E-state index contributed by atoms with van der Waals surface area (Å²) in [6.45, 7) is 2.66. The van der Waals surface area contributed by atoms with E-state index in [9.17, 15) is 18.8 Å². The second-order valence-electron chi connectivity index (χ2n) is 9.01. The zero-order chi connectivity index (χ0) is 26.6. The van der Waals surface area contributed by atoms with E-state index >= 15 is 0 Å². The standard InChI is InChI=1S/C29H27FN4O4/c1-2-34-24-18-33(16-15-25(35)31-21-13-11-20(30)12-14-21)28(36)26(24)27(32-29(34)37)19-7-6-10-23(17-19)38-22-8-4-3-5-9-22/h3-14,17,27H,2,15-16,18H2,1H3,(H,31,35)(H,32,37). The van der Waals surface area contributed by atoms with Crippen LogP contribution in [0.5, 0.6) is 11.5 Å². The quantitative estimate of drug-likeness (QED) is 0.451. The number of nitrogens with zero attached hydrogens (tertiary/aromatic N) is 2. The molecule has 4 amide bonds. The van der Waals surface area contributed by atoms with E-state index in [1.165, 1.54) is 24.3 Å². The molecule has 0 aliphatic carbocycles. The van der Waals surface area contributed by atoms with Crippen LogP contribution in [0.3, 0.4) is 0 Å². The number of anilines is 1. The summed E-state index contributed by atoms with van der Waals surface area (Å²) in [5.41, 5.74) is 2.33. The molecule has 0 spiro atoms. The topological polar surface area (TPSA) is 91.0 Å². The lowest BCUT2D eigenvalue weighted by Crippen LogP contribution is -2.47. The minimum absolute atomic E-state index is 0.0578. The molecule has 1 unspecified atom stereocenters. The van der Waals surface area contributed by atoms with Crippen LogP contribution in [0.15, 0.2) is 90.1 Å². The van der Waals surface area contributed by atoms with Crippen molar-refractivity contribution in [1.82, 2.24) is 15.1 Å². The predicted octanol–water partition coefficient (Wildman–Crippen LogP) is 4.83. The zero-order valence-corrected chi connectivity index (χ0v) is 20.8. The van der Waals surface area contributed by atoms with Gasteiger partial charge in [-0.25, -0.2) is 9.18 Å². The highest BCUT2D eigenvalue weighted by Crippen LogP contribution is 2.37. The third-order valence-corrected chi connectivity index (χ3v) is 6.52. The van der Waals surface area contributed by atoms with Crippen LogP contribution in [0.25, 0.3) is 0 Å². The molecule has 2 aliphatic rings. The monoisotopic (exact) mass is 514 g/mol. The Labute approximate surface area is 219 Å². The highest BCUT2D eigenvalue weighted by Gasteiger charge is 2.43. The molecule has 3 aromatic rings. The molecule has 5 rings (SSSR count). The first-order valence-electron chi connectivity index (χ1n) is 12.4. The Morgan fingerprint density at radius 1 is 1.03 bits per heavy atom. The summed E-state index contributed by atoms with van der Waals surface area (Å²) in [6, 6.07) is 21.2. The van der Waals surface area contributed by atoms with Crippen LogP contribution < -0.4 is 15.4 Å². The van der Waals surface area contributed by atoms with Crippen LogP contribution >= 0.6 is 0 Å². The number of hydrogen-bond acceptors (Lipinski definition) is 4. The Balaban J connectivity index is 1.33. The molecular formula is C29H27FN4O4. The Morgan fingerprint density at radius 3 is 2.50 bits per heavy atom. The average molecular weight is 515 g/mol. The maximum absolute atomic E-state index is 13.6. The largest absolute Gasteiger partial charge is 0.457 e. The van der Waals surface area contributed by atoms with E-state index in [4.69, 9.17) is 4.74 Å². The summed E-state index contributed by atoms with van der Waals surface area (Å²) >= 11 is 0. The van der Waals surface area contributed by atoms with Gasteiger partial charge in [-0.1, -0.05) is 30.3 Å². The third-order valence-electron chi connectivity index (χ3n) is 6.52. The first-order valence-corrected chi connectivity index (χ1v) is 12.4. The van der Waals surface area contributed by atoms with Crippen molar-refractivity contribution in [3.63, 3.8) is 0 Å². The molecule has 2 heterocycles. The minimum Gasteiger partial charge on any atom is -0.457 e. The Hall–Kier alpha value is -4.66. The second kappa shape index (κ2) is 10.8. The number of halogens is 1. The average Bonchev–Trinajstić information content (AvgIpc) is 3.25. The number of carbonyl (C=O) groups is 3. The Morgan fingerprint density at radius 2 is 1.76 bits per heavy atom. The van der Waals surface area contributed by atoms with Crippen LogP contribution in [0.4, 0.5) is 14.9 Å². The molecule has 0 saturated carbocycles. The number of ether oxygens (including phenoxy) is 1. The van der Waals surface area contributed by atoms with E-state index in [-0.39, 0.29) is 37.4 Å². The van der Waals surface area contributed by atoms with Crippen molar-refractivity contribution in [3.8, 4) is 11.5 Å². The van der Waals surface area contributed by atoms with Crippen LogP contribution in [0, 0.1) is 5.82 Å². The minimum atomic E-state index is -0.648. The molecule has 9 heteroatoms. The fraction of sp³-hybridized carbons (Fsp3) is 0.207. The van der Waals surface area contributed by atoms with E-state index in [1.807, 2.05) is 61.5 Å². The van der Waals surface area contributed by atoms with E-state index in [1.54, 1.807) is 9.80 Å². The van der Waals surface area contributed by atoms with Crippen molar-refractivity contribution >= 4 is 23.5 Å². The molecule has 2 aliphatic heterocycles. The number of urea groups is 1. The van der Waals surface area contributed by atoms with Crippen molar-refractivity contribution in [2.24, 2.45) is 0 Å². The van der Waals surface area contributed by atoms with Crippen molar-refractivity contribution in [2.75, 3.05) is 25.0 Å². The van der Waals surface area contributed by atoms with E-state index in [0.29, 0.717) is 35.0 Å². The summed E-state index contributed by atoms with van der Waals surface area (Å²) in [5.74, 6) is 0.349. The lowest BCUT2D eigenvalue weighted by Gasteiger charge is -2.33. The molecule has 0 radical (unpaired) electrons. The maximum Gasteiger partial charge on any atom is 0.322 e. The molecule has 1 atom stereocenters. The van der Waals surface area contributed by atoms with Gasteiger partial charge in [0.05, 0.1) is 23.9 Å². The zero-order valence-electron chi connectivity index (χ0n) is 20.8. The molecule has 38 heavy (non-hydrogen) atoms. The van der Waals surface area contributed by atoms with E-state index < -0.39 is 11.9 Å². The molecule has 194 valence electrons. The molecule has 3 aromatic carbocycles. The number of amides is 4. The van der Waals surface area contributed by atoms with Gasteiger partial charge in [0.25, 0.3) is 5.91 Å². The summed E-state index contributed by atoms with van der Waals surface area (Å²) in [7, 11) is 0. The van der Waals surface area contributed by atoms with E-state index in [0.717, 1.165) is 5.56 Å². The molecule has 0 saturated heterocycles. The van der Waals surface area contributed by atoms with Gasteiger partial charge in [-0.2, -0.15) is 0 Å². The van der Waals surface area contributed by atoms with Crippen molar-refractivity contribution < 1.29 is 23.5 Å². The highest BCUT2D eigenvalue weighted by atomic mass is 19.1. The number of carbonyl (C=O) groups excluding carboxylic acids is 3. The third kappa shape index (κ3) is 5.22. The SMILES string of the molecule is CCN1C(=O)NC(c2cccc(Oc3ccccc3)c2)C2=C1CN(CCC(=O)Nc1ccc(F)cc1)C2=O. The van der Waals surface area contributed by atoms with Gasteiger partial charge in [0.1, 0.15) is 17.3 Å². The van der Waals surface area contributed by atoms with Gasteiger partial charge >= 0.3 is 6.03 Å². The van der Waals surface area contributed by atoms with Crippen LogP contribution in [-0.4, -0.2) is 47.3 Å². The molecule has 2 N–H and O–H groups in total. The number of para-hydroxylation sites is 1. The Kier molecular flexibility index (Phi) is 7.08. The highest BCUT2D eigenvalue weighted by molar-refractivity contribution is 6.02. The lowest BCUT2D eigenvalue weighted by molar-refractivity contribution is -0.126. The lowest BCUT2D eigenvalue weighted by atomic mass is 9.95. The van der Waals surface area contributed by atoms with Crippen molar-refractivity contribution in [1.29, 1.82) is 0 Å². The van der Waals surface area contributed by atoms with Gasteiger partial charge in [0.2, 0.25) is 5.91 Å². The van der Waals surface area contributed by atoms with Gasteiger partial charge in [0.15, 0.2) is 0 Å². The van der Waals surface area contributed by atoms with Crippen LogP contribution in [0.2, 0.25) is 0 Å². The fourth-order valence-corrected chi connectivity index (χ4v) is 4.69.